The Labute approximate surface area is 186 Å². The Bertz CT molecular complexity index is 840. The van der Waals surface area contributed by atoms with E-state index in [1.165, 1.54) is 16.7 Å². The summed E-state index contributed by atoms with van der Waals surface area (Å²) in [7, 11) is 0. The van der Waals surface area contributed by atoms with Gasteiger partial charge in [-0.2, -0.15) is 0 Å². The molecule has 31 heavy (non-hydrogen) atoms. The normalized spacial score (nSPS) is 11.8. The number of hydrogen-bond donors (Lipinski definition) is 1. The summed E-state index contributed by atoms with van der Waals surface area (Å²) in [6, 6.07) is 31.7. The van der Waals surface area contributed by atoms with Crippen molar-refractivity contribution in [3.8, 4) is 0 Å². The van der Waals surface area contributed by atoms with Gasteiger partial charge >= 0.3 is 5.97 Å². The highest BCUT2D eigenvalue weighted by atomic mass is 16.5. The second-order valence-electron chi connectivity index (χ2n) is 8.48. The highest BCUT2D eigenvalue weighted by Crippen LogP contribution is 2.37. The molecule has 0 aliphatic heterocycles. The van der Waals surface area contributed by atoms with E-state index < -0.39 is 11.0 Å². The van der Waals surface area contributed by atoms with Gasteiger partial charge < -0.3 is 4.74 Å². The molecule has 3 heteroatoms. The first-order valence-corrected chi connectivity index (χ1v) is 11.1. The van der Waals surface area contributed by atoms with Crippen molar-refractivity contribution in [2.24, 2.45) is 5.41 Å². The summed E-state index contributed by atoms with van der Waals surface area (Å²) in [4.78, 5) is 12.3. The Balaban J connectivity index is 1.93. The molecule has 0 aromatic heterocycles. The van der Waals surface area contributed by atoms with Gasteiger partial charge in [0, 0.05) is 0 Å². The van der Waals surface area contributed by atoms with Crippen molar-refractivity contribution in [2.75, 3.05) is 13.2 Å². The van der Waals surface area contributed by atoms with E-state index in [0.717, 1.165) is 19.4 Å². The lowest BCUT2D eigenvalue weighted by Crippen LogP contribution is -2.45. The van der Waals surface area contributed by atoms with Crippen molar-refractivity contribution in [1.82, 2.24) is 5.32 Å². The zero-order chi connectivity index (χ0) is 22.2. The maximum atomic E-state index is 12.3. The topological polar surface area (TPSA) is 38.3 Å². The number of ether oxygens (including phenoxy) is 1. The minimum absolute atomic E-state index is 0.129. The van der Waals surface area contributed by atoms with Crippen LogP contribution in [0.2, 0.25) is 0 Å². The van der Waals surface area contributed by atoms with Crippen LogP contribution in [0.25, 0.3) is 0 Å². The molecule has 162 valence electrons. The van der Waals surface area contributed by atoms with Crippen LogP contribution in [0.15, 0.2) is 91.0 Å². The van der Waals surface area contributed by atoms with E-state index in [-0.39, 0.29) is 5.97 Å². The number of carbonyl (C=O) groups excluding carboxylic acids is 1. The molecule has 3 aromatic rings. The highest BCUT2D eigenvalue weighted by molar-refractivity contribution is 5.75. The molecule has 0 atom stereocenters. The second kappa shape index (κ2) is 10.4. The fraction of sp³-hybridized carbons (Fsp3) is 0.321. The predicted octanol–water partition coefficient (Wildman–Crippen LogP) is 5.94. The smallest absolute Gasteiger partial charge is 0.311 e. The van der Waals surface area contributed by atoms with Crippen molar-refractivity contribution < 1.29 is 9.53 Å². The molecule has 0 aliphatic rings. The number of nitrogens with one attached hydrogen (secondary N) is 1. The van der Waals surface area contributed by atoms with E-state index in [1.54, 1.807) is 0 Å². The van der Waals surface area contributed by atoms with Crippen LogP contribution in [0.4, 0.5) is 0 Å². The average molecular weight is 416 g/mol. The van der Waals surface area contributed by atoms with Crippen molar-refractivity contribution in [3.05, 3.63) is 108 Å². The standard InChI is InChI=1S/C28H33NO2/c1-4-31-26(30)27(2,3)21-14-22-29-28(23-15-8-5-9-16-23,24-17-10-6-11-18-24)25-19-12-7-13-20-25/h5-13,15-20,29H,4,14,21-22H2,1-3H3. The molecular formula is C28H33NO2. The van der Waals surface area contributed by atoms with Gasteiger partial charge in [-0.05, 0) is 56.8 Å². The molecule has 0 heterocycles. The van der Waals surface area contributed by atoms with Gasteiger partial charge in [0.1, 0.15) is 0 Å². The number of hydrogen-bond acceptors (Lipinski definition) is 3. The van der Waals surface area contributed by atoms with Crippen LogP contribution in [0, 0.1) is 5.41 Å². The Morgan fingerprint density at radius 3 is 1.58 bits per heavy atom. The minimum atomic E-state index is -0.493. The Hall–Kier alpha value is -2.91. The number of benzene rings is 3. The third-order valence-electron chi connectivity index (χ3n) is 5.82. The Morgan fingerprint density at radius 1 is 0.774 bits per heavy atom. The molecule has 0 spiro atoms. The summed E-state index contributed by atoms with van der Waals surface area (Å²) in [5, 5.41) is 3.87. The lowest BCUT2D eigenvalue weighted by Gasteiger charge is -2.37. The molecular weight excluding hydrogens is 382 g/mol. The molecule has 0 saturated heterocycles. The van der Waals surface area contributed by atoms with Gasteiger partial charge in [0.05, 0.1) is 17.6 Å². The molecule has 0 saturated carbocycles. The van der Waals surface area contributed by atoms with E-state index in [2.05, 4.69) is 78.1 Å². The van der Waals surface area contributed by atoms with Crippen molar-refractivity contribution in [1.29, 1.82) is 0 Å². The highest BCUT2D eigenvalue weighted by Gasteiger charge is 2.36. The molecule has 1 N–H and O–H groups in total. The van der Waals surface area contributed by atoms with Crippen LogP contribution in [-0.4, -0.2) is 19.1 Å². The van der Waals surface area contributed by atoms with Crippen LogP contribution in [0.1, 0.15) is 50.3 Å². The zero-order valence-corrected chi connectivity index (χ0v) is 18.8. The average Bonchev–Trinajstić information content (AvgIpc) is 2.81. The molecule has 0 unspecified atom stereocenters. The molecule has 3 rings (SSSR count). The Morgan fingerprint density at radius 2 is 1.19 bits per heavy atom. The van der Waals surface area contributed by atoms with Crippen LogP contribution >= 0.6 is 0 Å². The van der Waals surface area contributed by atoms with Gasteiger partial charge in [-0.3, -0.25) is 10.1 Å². The fourth-order valence-electron chi connectivity index (χ4n) is 4.11. The molecule has 3 nitrogen and oxygen atoms in total. The van der Waals surface area contributed by atoms with Crippen LogP contribution < -0.4 is 5.32 Å². The fourth-order valence-corrected chi connectivity index (χ4v) is 4.11. The monoisotopic (exact) mass is 415 g/mol. The minimum Gasteiger partial charge on any atom is -0.466 e. The van der Waals surface area contributed by atoms with Crippen LogP contribution in [0.3, 0.4) is 0 Å². The lowest BCUT2D eigenvalue weighted by molar-refractivity contribution is -0.153. The van der Waals surface area contributed by atoms with Crippen molar-refractivity contribution in [2.45, 2.75) is 39.2 Å². The quantitative estimate of drug-likeness (QED) is 0.253. The molecule has 0 amide bonds. The zero-order valence-electron chi connectivity index (χ0n) is 18.8. The maximum Gasteiger partial charge on any atom is 0.311 e. The summed E-state index contributed by atoms with van der Waals surface area (Å²) in [5.74, 6) is -0.129. The van der Waals surface area contributed by atoms with Crippen LogP contribution in [-0.2, 0) is 15.1 Å². The molecule has 0 radical (unpaired) electrons. The third-order valence-corrected chi connectivity index (χ3v) is 5.82. The summed E-state index contributed by atoms with van der Waals surface area (Å²) in [5.41, 5.74) is 2.61. The van der Waals surface area contributed by atoms with E-state index in [4.69, 9.17) is 4.74 Å². The van der Waals surface area contributed by atoms with E-state index in [9.17, 15) is 4.79 Å². The SMILES string of the molecule is CCOC(=O)C(C)(C)CCCNC(c1ccccc1)(c1ccccc1)c1ccccc1. The predicted molar refractivity (Wildman–Crippen MR) is 127 cm³/mol. The van der Waals surface area contributed by atoms with Gasteiger partial charge in [0.15, 0.2) is 0 Å². The van der Waals surface area contributed by atoms with Gasteiger partial charge in [0.25, 0.3) is 0 Å². The van der Waals surface area contributed by atoms with Crippen molar-refractivity contribution in [3.63, 3.8) is 0 Å². The first-order valence-electron chi connectivity index (χ1n) is 11.1. The number of esters is 1. The molecule has 3 aromatic carbocycles. The number of rotatable bonds is 10. The van der Waals surface area contributed by atoms with Gasteiger partial charge in [-0.15, -0.1) is 0 Å². The van der Waals surface area contributed by atoms with E-state index in [1.807, 2.05) is 39.0 Å². The Kier molecular flexibility index (Phi) is 7.64. The van der Waals surface area contributed by atoms with E-state index in [0.29, 0.717) is 6.61 Å². The summed E-state index contributed by atoms with van der Waals surface area (Å²) < 4.78 is 5.25. The molecule has 0 fully saturated rings. The van der Waals surface area contributed by atoms with Gasteiger partial charge in [-0.1, -0.05) is 91.0 Å². The second-order valence-corrected chi connectivity index (χ2v) is 8.48. The third kappa shape index (κ3) is 5.23. The van der Waals surface area contributed by atoms with Gasteiger partial charge in [-0.25, -0.2) is 0 Å². The summed E-state index contributed by atoms with van der Waals surface area (Å²) in [6.07, 6.45) is 1.62. The molecule has 0 aliphatic carbocycles. The summed E-state index contributed by atoms with van der Waals surface area (Å²) in [6.45, 7) is 6.96. The van der Waals surface area contributed by atoms with Gasteiger partial charge in [0.2, 0.25) is 0 Å². The first-order chi connectivity index (χ1) is 15.0. The summed E-state index contributed by atoms with van der Waals surface area (Å²) >= 11 is 0. The van der Waals surface area contributed by atoms with Crippen LogP contribution in [0.5, 0.6) is 0 Å². The number of carbonyl (C=O) groups is 1. The first kappa shape index (κ1) is 22.8. The lowest BCUT2D eigenvalue weighted by atomic mass is 9.76. The maximum absolute atomic E-state index is 12.3. The van der Waals surface area contributed by atoms with Crippen molar-refractivity contribution >= 4 is 5.97 Å². The van der Waals surface area contributed by atoms with E-state index >= 15 is 0 Å². The molecule has 0 bridgehead atoms. The largest absolute Gasteiger partial charge is 0.466 e.